The van der Waals surface area contributed by atoms with Gasteiger partial charge in [-0.05, 0) is 30.2 Å². The third-order valence-electron chi connectivity index (χ3n) is 2.96. The average molecular weight is 201 g/mol. The molecule has 0 spiro atoms. The number of carbonyl (C=O) groups is 1. The van der Waals surface area contributed by atoms with Crippen LogP contribution in [0.3, 0.4) is 0 Å². The van der Waals surface area contributed by atoms with Crippen molar-refractivity contribution in [2.45, 2.75) is 40.5 Å². The third kappa shape index (κ3) is 5.22. The van der Waals surface area contributed by atoms with Crippen LogP contribution >= 0.6 is 0 Å². The lowest BCUT2D eigenvalue weighted by atomic mass is 9.76. The molecule has 14 heavy (non-hydrogen) atoms. The normalized spacial score (nSPS) is 16.4. The fraction of sp³-hybridized carbons (Fsp3) is 0.909. The number of hydrogen-bond donors (Lipinski definition) is 2. The van der Waals surface area contributed by atoms with Gasteiger partial charge in [0.15, 0.2) is 0 Å². The quantitative estimate of drug-likeness (QED) is 0.716. The summed E-state index contributed by atoms with van der Waals surface area (Å²) in [5.41, 5.74) is 5.78. The first-order chi connectivity index (χ1) is 6.27. The maximum Gasteiger partial charge on any atom is 0.303 e. The first kappa shape index (κ1) is 13.4. The van der Waals surface area contributed by atoms with E-state index in [1.807, 2.05) is 0 Å². The molecule has 2 atom stereocenters. The molecular formula is C11H23NO2. The van der Waals surface area contributed by atoms with E-state index in [0.29, 0.717) is 12.5 Å². The average Bonchev–Trinajstić information content (AvgIpc) is 2.00. The van der Waals surface area contributed by atoms with Crippen molar-refractivity contribution in [3.8, 4) is 0 Å². The van der Waals surface area contributed by atoms with Crippen LogP contribution in [-0.4, -0.2) is 17.6 Å². The van der Waals surface area contributed by atoms with Crippen LogP contribution in [0, 0.1) is 17.3 Å². The number of rotatable bonds is 5. The molecule has 0 aromatic heterocycles. The van der Waals surface area contributed by atoms with Gasteiger partial charge >= 0.3 is 5.97 Å². The highest BCUT2D eigenvalue weighted by molar-refractivity contribution is 5.67. The molecule has 84 valence electrons. The van der Waals surface area contributed by atoms with Crippen molar-refractivity contribution in [2.75, 3.05) is 6.54 Å². The fourth-order valence-electron chi connectivity index (χ4n) is 1.36. The molecule has 0 saturated carbocycles. The molecule has 0 aromatic carbocycles. The van der Waals surface area contributed by atoms with E-state index < -0.39 is 5.97 Å². The number of carboxylic acid groups (broad SMARTS) is 1. The summed E-state index contributed by atoms with van der Waals surface area (Å²) in [5, 5.41) is 8.68. The highest BCUT2D eigenvalue weighted by Gasteiger charge is 2.24. The molecule has 0 amide bonds. The molecule has 0 aliphatic rings. The lowest BCUT2D eigenvalue weighted by Gasteiger charge is -2.29. The standard InChI is InChI=1S/C11H23NO2/c1-8(11(2,3)4)5-9(7-12)6-10(13)14/h8-9H,5-7,12H2,1-4H3,(H,13,14)/t8-,9-/m0/s1. The second-order valence-electron chi connectivity index (χ2n) is 5.20. The van der Waals surface area contributed by atoms with Gasteiger partial charge in [0.1, 0.15) is 0 Å². The highest BCUT2D eigenvalue weighted by Crippen LogP contribution is 2.31. The van der Waals surface area contributed by atoms with Gasteiger partial charge < -0.3 is 10.8 Å². The van der Waals surface area contributed by atoms with E-state index in [4.69, 9.17) is 10.8 Å². The second kappa shape index (κ2) is 5.35. The Bertz CT molecular complexity index is 184. The maximum atomic E-state index is 10.5. The first-order valence-electron chi connectivity index (χ1n) is 5.19. The van der Waals surface area contributed by atoms with Crippen molar-refractivity contribution in [1.82, 2.24) is 0 Å². The molecule has 0 aliphatic carbocycles. The molecule has 3 heteroatoms. The molecule has 0 rings (SSSR count). The van der Waals surface area contributed by atoms with E-state index in [1.165, 1.54) is 0 Å². The molecule has 0 bridgehead atoms. The van der Waals surface area contributed by atoms with Crippen molar-refractivity contribution < 1.29 is 9.90 Å². The molecule has 0 aliphatic heterocycles. The maximum absolute atomic E-state index is 10.5. The SMILES string of the molecule is C[C@@H](C[C@H](CN)CC(=O)O)C(C)(C)C. The molecule has 3 N–H and O–H groups in total. The number of nitrogens with two attached hydrogens (primary N) is 1. The largest absolute Gasteiger partial charge is 0.481 e. The summed E-state index contributed by atoms with van der Waals surface area (Å²) >= 11 is 0. The van der Waals surface area contributed by atoms with Crippen LogP contribution in [0.4, 0.5) is 0 Å². The molecule has 0 aromatic rings. The Labute approximate surface area is 86.7 Å². The van der Waals surface area contributed by atoms with Gasteiger partial charge in [-0.1, -0.05) is 27.7 Å². The fourth-order valence-corrected chi connectivity index (χ4v) is 1.36. The first-order valence-corrected chi connectivity index (χ1v) is 5.19. The summed E-state index contributed by atoms with van der Waals surface area (Å²) in [5.74, 6) is -0.140. The zero-order valence-electron chi connectivity index (χ0n) is 9.71. The molecule has 0 fully saturated rings. The zero-order valence-corrected chi connectivity index (χ0v) is 9.71. The minimum Gasteiger partial charge on any atom is -0.481 e. The third-order valence-corrected chi connectivity index (χ3v) is 2.96. The molecule has 0 radical (unpaired) electrons. The van der Waals surface area contributed by atoms with E-state index in [9.17, 15) is 4.79 Å². The van der Waals surface area contributed by atoms with Crippen LogP contribution in [0.2, 0.25) is 0 Å². The summed E-state index contributed by atoms with van der Waals surface area (Å²) in [4.78, 5) is 10.5. The van der Waals surface area contributed by atoms with E-state index >= 15 is 0 Å². The molecule has 3 nitrogen and oxygen atoms in total. The van der Waals surface area contributed by atoms with Crippen LogP contribution < -0.4 is 5.73 Å². The number of carboxylic acids is 1. The van der Waals surface area contributed by atoms with Crippen LogP contribution in [0.15, 0.2) is 0 Å². The number of hydrogen-bond acceptors (Lipinski definition) is 2. The van der Waals surface area contributed by atoms with Gasteiger partial charge in [0.05, 0.1) is 0 Å². The van der Waals surface area contributed by atoms with Crippen molar-refractivity contribution in [2.24, 2.45) is 23.0 Å². The monoisotopic (exact) mass is 201 g/mol. The highest BCUT2D eigenvalue weighted by atomic mass is 16.4. The van der Waals surface area contributed by atoms with E-state index in [2.05, 4.69) is 27.7 Å². The topological polar surface area (TPSA) is 63.3 Å². The predicted molar refractivity (Wildman–Crippen MR) is 58.0 cm³/mol. The Kier molecular flexibility index (Phi) is 5.13. The summed E-state index contributed by atoms with van der Waals surface area (Å²) in [6.45, 7) is 9.14. The smallest absolute Gasteiger partial charge is 0.303 e. The Balaban J connectivity index is 4.11. The summed E-state index contributed by atoms with van der Waals surface area (Å²) in [7, 11) is 0. The van der Waals surface area contributed by atoms with Crippen molar-refractivity contribution in [1.29, 1.82) is 0 Å². The van der Waals surface area contributed by atoms with Crippen molar-refractivity contribution in [3.63, 3.8) is 0 Å². The van der Waals surface area contributed by atoms with Gasteiger partial charge in [0, 0.05) is 6.42 Å². The van der Waals surface area contributed by atoms with Crippen LogP contribution in [0.5, 0.6) is 0 Å². The second-order valence-corrected chi connectivity index (χ2v) is 5.20. The van der Waals surface area contributed by atoms with Gasteiger partial charge in [-0.15, -0.1) is 0 Å². The Morgan fingerprint density at radius 1 is 1.43 bits per heavy atom. The zero-order chi connectivity index (χ0) is 11.4. The Morgan fingerprint density at radius 2 is 1.93 bits per heavy atom. The minimum atomic E-state index is -0.749. The molecular weight excluding hydrogens is 178 g/mol. The van der Waals surface area contributed by atoms with Gasteiger partial charge in [0.25, 0.3) is 0 Å². The summed E-state index contributed by atoms with van der Waals surface area (Å²) in [6, 6.07) is 0. The van der Waals surface area contributed by atoms with Gasteiger partial charge in [-0.3, -0.25) is 4.79 Å². The minimum absolute atomic E-state index is 0.113. The predicted octanol–water partition coefficient (Wildman–Crippen LogP) is 2.11. The summed E-state index contributed by atoms with van der Waals surface area (Å²) < 4.78 is 0. The van der Waals surface area contributed by atoms with Crippen molar-refractivity contribution >= 4 is 5.97 Å². The number of aliphatic carboxylic acids is 1. The lowest BCUT2D eigenvalue weighted by molar-refractivity contribution is -0.138. The summed E-state index contributed by atoms with van der Waals surface area (Å²) in [6.07, 6.45) is 1.09. The van der Waals surface area contributed by atoms with E-state index in [1.54, 1.807) is 0 Å². The Hall–Kier alpha value is -0.570. The molecule has 0 unspecified atom stereocenters. The molecule has 0 heterocycles. The van der Waals surface area contributed by atoms with Crippen LogP contribution in [0.25, 0.3) is 0 Å². The van der Waals surface area contributed by atoms with Gasteiger partial charge in [-0.25, -0.2) is 0 Å². The van der Waals surface area contributed by atoms with Gasteiger partial charge in [0.2, 0.25) is 0 Å². The van der Waals surface area contributed by atoms with Crippen LogP contribution in [-0.2, 0) is 4.79 Å². The van der Waals surface area contributed by atoms with E-state index in [0.717, 1.165) is 6.42 Å². The lowest BCUT2D eigenvalue weighted by Crippen LogP contribution is -2.25. The Morgan fingerprint density at radius 3 is 2.21 bits per heavy atom. The van der Waals surface area contributed by atoms with Gasteiger partial charge in [-0.2, -0.15) is 0 Å². The van der Waals surface area contributed by atoms with E-state index in [-0.39, 0.29) is 17.8 Å². The molecule has 0 saturated heterocycles. The van der Waals surface area contributed by atoms with Crippen molar-refractivity contribution in [3.05, 3.63) is 0 Å². The van der Waals surface area contributed by atoms with Crippen LogP contribution in [0.1, 0.15) is 40.5 Å².